The van der Waals surface area contributed by atoms with Crippen molar-refractivity contribution in [3.05, 3.63) is 188 Å². The summed E-state index contributed by atoms with van der Waals surface area (Å²) in [6.45, 7) is 0. The van der Waals surface area contributed by atoms with Crippen LogP contribution in [0.1, 0.15) is 44.1 Å². The van der Waals surface area contributed by atoms with Crippen LogP contribution in [0.5, 0.6) is 0 Å². The molecule has 4 aliphatic carbocycles. The molecule has 7 aromatic carbocycles. The quantitative estimate of drug-likeness (QED) is 0.154. The molecule has 0 amide bonds. The summed E-state index contributed by atoms with van der Waals surface area (Å²) < 4.78 is 0. The van der Waals surface area contributed by atoms with Gasteiger partial charge < -0.3 is 4.90 Å². The van der Waals surface area contributed by atoms with Crippen LogP contribution in [0.2, 0.25) is 0 Å². The zero-order valence-corrected chi connectivity index (χ0v) is 30.2. The van der Waals surface area contributed by atoms with Gasteiger partial charge in [0.1, 0.15) is 0 Å². The van der Waals surface area contributed by atoms with Crippen LogP contribution in [-0.4, -0.2) is 0 Å². The molecule has 4 bridgehead atoms. The number of nitrogens with zero attached hydrogens (tertiary/aromatic N) is 1. The van der Waals surface area contributed by atoms with Gasteiger partial charge in [-0.3, -0.25) is 0 Å². The maximum Gasteiger partial charge on any atom is 0.0540 e. The maximum absolute atomic E-state index is 2.48. The maximum atomic E-state index is 2.48. The van der Waals surface area contributed by atoms with Crippen LogP contribution in [-0.2, 0) is 5.41 Å². The molecule has 4 aliphatic rings. The van der Waals surface area contributed by atoms with Gasteiger partial charge in [-0.2, -0.15) is 0 Å². The summed E-state index contributed by atoms with van der Waals surface area (Å²) >= 11 is 0. The van der Waals surface area contributed by atoms with E-state index in [1.807, 2.05) is 0 Å². The van der Waals surface area contributed by atoms with Gasteiger partial charge in [0.15, 0.2) is 0 Å². The van der Waals surface area contributed by atoms with E-state index in [2.05, 4.69) is 187 Å². The molecule has 0 unspecified atom stereocenters. The number of anilines is 3. The molecule has 0 aliphatic heterocycles. The van der Waals surface area contributed by atoms with Crippen LogP contribution >= 0.6 is 0 Å². The summed E-state index contributed by atoms with van der Waals surface area (Å²) in [5.74, 6) is 2.86. The van der Waals surface area contributed by atoms with E-state index in [-0.39, 0.29) is 0 Å². The van der Waals surface area contributed by atoms with Crippen LogP contribution < -0.4 is 4.90 Å². The van der Waals surface area contributed by atoms with Crippen LogP contribution in [0.25, 0.3) is 44.5 Å². The van der Waals surface area contributed by atoms with Gasteiger partial charge in [0.05, 0.1) is 5.69 Å². The molecule has 7 aromatic rings. The predicted octanol–water partition coefficient (Wildman–Crippen LogP) is 14.3. The van der Waals surface area contributed by atoms with Gasteiger partial charge in [0.2, 0.25) is 0 Å². The first-order valence-corrected chi connectivity index (χ1v) is 19.6. The van der Waals surface area contributed by atoms with E-state index in [0.717, 1.165) is 34.8 Å². The Hall–Kier alpha value is -5.66. The van der Waals surface area contributed by atoms with Crippen molar-refractivity contribution < 1.29 is 0 Å². The molecule has 4 fully saturated rings. The Morgan fingerprint density at radius 2 is 0.736 bits per heavy atom. The van der Waals surface area contributed by atoms with Gasteiger partial charge in [-0.15, -0.1) is 0 Å². The Balaban J connectivity index is 1.06. The zero-order valence-electron chi connectivity index (χ0n) is 30.2. The van der Waals surface area contributed by atoms with Crippen molar-refractivity contribution in [2.45, 2.75) is 43.9 Å². The summed E-state index contributed by atoms with van der Waals surface area (Å²) in [7, 11) is 0. The average molecular weight is 684 g/mol. The fourth-order valence-corrected chi connectivity index (χ4v) is 10.5. The lowest BCUT2D eigenvalue weighted by molar-refractivity contribution is -0.00518. The number of hydrogen-bond donors (Lipinski definition) is 0. The third-order valence-electron chi connectivity index (χ3n) is 12.7. The normalized spacial score (nSPS) is 21.4. The number of rotatable bonds is 8. The molecular formula is C52H45N. The van der Waals surface area contributed by atoms with E-state index in [9.17, 15) is 0 Å². The van der Waals surface area contributed by atoms with E-state index in [1.54, 1.807) is 5.56 Å². The Morgan fingerprint density at radius 3 is 1.21 bits per heavy atom. The molecule has 53 heavy (non-hydrogen) atoms. The lowest BCUT2D eigenvalue weighted by atomic mass is 9.48. The molecule has 4 saturated carbocycles. The highest BCUT2D eigenvalue weighted by Gasteiger charge is 2.51. The van der Waals surface area contributed by atoms with Gasteiger partial charge in [0.25, 0.3) is 0 Å². The van der Waals surface area contributed by atoms with E-state index >= 15 is 0 Å². The highest BCUT2D eigenvalue weighted by atomic mass is 15.1. The monoisotopic (exact) mass is 683 g/mol. The van der Waals surface area contributed by atoms with Crippen molar-refractivity contribution in [2.75, 3.05) is 4.90 Å². The second-order valence-corrected chi connectivity index (χ2v) is 16.0. The predicted molar refractivity (Wildman–Crippen MR) is 223 cm³/mol. The van der Waals surface area contributed by atoms with Crippen LogP contribution in [0.3, 0.4) is 0 Å². The minimum Gasteiger partial charge on any atom is -0.310 e. The smallest absolute Gasteiger partial charge is 0.0540 e. The third-order valence-corrected chi connectivity index (χ3v) is 12.7. The zero-order chi connectivity index (χ0) is 35.2. The van der Waals surface area contributed by atoms with Crippen LogP contribution in [0.4, 0.5) is 17.1 Å². The topological polar surface area (TPSA) is 3.24 Å². The SMILES string of the molecule is c1ccc(-c2ccc(N(c3ccc(-c4ccccc4)cc3)c3ccc(-c4ccc(C56CC7CC(CC(C7)C5)C6)cc4)cc3-c3ccccc3)cc2)cc1. The second kappa shape index (κ2) is 13.4. The largest absolute Gasteiger partial charge is 0.310 e. The number of hydrogen-bond acceptors (Lipinski definition) is 1. The lowest BCUT2D eigenvalue weighted by Gasteiger charge is -2.57. The Labute approximate surface area is 314 Å². The molecular weight excluding hydrogens is 639 g/mol. The van der Waals surface area contributed by atoms with Gasteiger partial charge >= 0.3 is 0 Å². The molecule has 11 rings (SSSR count). The Bertz CT molecular complexity index is 2200. The number of benzene rings is 7. The van der Waals surface area contributed by atoms with E-state index < -0.39 is 0 Å². The molecule has 0 spiro atoms. The Morgan fingerprint density at radius 1 is 0.358 bits per heavy atom. The molecule has 0 N–H and O–H groups in total. The van der Waals surface area contributed by atoms with Crippen molar-refractivity contribution >= 4 is 17.1 Å². The first-order chi connectivity index (χ1) is 26.2. The first kappa shape index (κ1) is 32.0. The molecule has 0 saturated heterocycles. The third kappa shape index (κ3) is 6.09. The van der Waals surface area contributed by atoms with Gasteiger partial charge in [-0.1, -0.05) is 146 Å². The summed E-state index contributed by atoms with van der Waals surface area (Å²) in [6, 6.07) is 67.1. The summed E-state index contributed by atoms with van der Waals surface area (Å²) in [5.41, 5.74) is 15.2. The van der Waals surface area contributed by atoms with E-state index in [4.69, 9.17) is 0 Å². The fourth-order valence-electron chi connectivity index (χ4n) is 10.5. The molecule has 258 valence electrons. The van der Waals surface area contributed by atoms with E-state index in [1.165, 1.54) is 83.0 Å². The van der Waals surface area contributed by atoms with Gasteiger partial charge in [0, 0.05) is 16.9 Å². The minimum atomic E-state index is 0.416. The fraction of sp³-hybridized carbons (Fsp3) is 0.192. The molecule has 1 nitrogen and oxygen atoms in total. The van der Waals surface area contributed by atoms with Crippen LogP contribution in [0, 0.1) is 17.8 Å². The first-order valence-electron chi connectivity index (χ1n) is 19.6. The molecule has 0 aromatic heterocycles. The summed E-state index contributed by atoms with van der Waals surface area (Å²) in [5, 5.41) is 0. The molecule has 0 heterocycles. The molecule has 1 heteroatoms. The second-order valence-electron chi connectivity index (χ2n) is 16.0. The average Bonchev–Trinajstić information content (AvgIpc) is 3.22. The Kier molecular flexibility index (Phi) is 8.09. The van der Waals surface area contributed by atoms with Gasteiger partial charge in [-0.05, 0) is 143 Å². The van der Waals surface area contributed by atoms with Crippen molar-refractivity contribution in [1.82, 2.24) is 0 Å². The lowest BCUT2D eigenvalue weighted by Crippen LogP contribution is -2.48. The van der Waals surface area contributed by atoms with Gasteiger partial charge in [-0.25, -0.2) is 0 Å². The van der Waals surface area contributed by atoms with Crippen molar-refractivity contribution in [2.24, 2.45) is 17.8 Å². The highest BCUT2D eigenvalue weighted by molar-refractivity contribution is 5.91. The highest BCUT2D eigenvalue weighted by Crippen LogP contribution is 2.60. The van der Waals surface area contributed by atoms with Crippen molar-refractivity contribution in [3.8, 4) is 44.5 Å². The standard InChI is InChI=1S/C52H45N/c1-4-10-40(11-5-1)42-18-25-48(26-19-42)53(49-27-20-43(21-28-49)41-12-6-2-7-13-41)51-29-22-46(33-50(51)45-14-8-3-9-15-45)44-16-23-47(24-17-44)52-34-37-30-38(35-52)32-39(31-37)36-52/h1-29,33,37-39H,30-32,34-36H2. The molecule has 0 atom stereocenters. The van der Waals surface area contributed by atoms with Crippen molar-refractivity contribution in [1.29, 1.82) is 0 Å². The summed E-state index contributed by atoms with van der Waals surface area (Å²) in [6.07, 6.45) is 8.66. The van der Waals surface area contributed by atoms with Crippen LogP contribution in [0.15, 0.2) is 182 Å². The summed E-state index contributed by atoms with van der Waals surface area (Å²) in [4.78, 5) is 2.42. The molecule has 0 radical (unpaired) electrons. The van der Waals surface area contributed by atoms with Crippen molar-refractivity contribution in [3.63, 3.8) is 0 Å². The minimum absolute atomic E-state index is 0.416. The van der Waals surface area contributed by atoms with E-state index in [0.29, 0.717) is 5.41 Å².